The molecule has 2 nitrogen and oxygen atoms in total. The highest BCUT2D eigenvalue weighted by molar-refractivity contribution is 4.80. The van der Waals surface area contributed by atoms with Crippen LogP contribution in [0.2, 0.25) is 0 Å². The van der Waals surface area contributed by atoms with Crippen molar-refractivity contribution in [2.45, 2.75) is 46.4 Å². The second-order valence-corrected chi connectivity index (χ2v) is 4.16. The maximum absolute atomic E-state index is 5.67. The Morgan fingerprint density at radius 1 is 1.42 bits per heavy atom. The average molecular weight is 171 g/mol. The fraction of sp³-hybridized carbons (Fsp3) is 1.00. The molecule has 3 atom stereocenters. The predicted octanol–water partition coefficient (Wildman–Crippen LogP) is 2.00. The van der Waals surface area contributed by atoms with Gasteiger partial charge in [-0.15, -0.1) is 0 Å². The first-order chi connectivity index (χ1) is 5.65. The quantitative estimate of drug-likeness (QED) is 0.701. The van der Waals surface area contributed by atoms with Crippen molar-refractivity contribution in [1.29, 1.82) is 0 Å². The molecule has 1 aliphatic rings. The van der Waals surface area contributed by atoms with Gasteiger partial charge in [0.25, 0.3) is 0 Å². The highest BCUT2D eigenvalue weighted by Crippen LogP contribution is 2.18. The first kappa shape index (κ1) is 10.0. The zero-order valence-electron chi connectivity index (χ0n) is 8.63. The summed E-state index contributed by atoms with van der Waals surface area (Å²) >= 11 is 0. The molecule has 0 aliphatic carbocycles. The van der Waals surface area contributed by atoms with Crippen molar-refractivity contribution in [3.05, 3.63) is 0 Å². The molecule has 1 fully saturated rings. The van der Waals surface area contributed by atoms with Gasteiger partial charge in [-0.05, 0) is 18.3 Å². The van der Waals surface area contributed by atoms with E-state index in [4.69, 9.17) is 4.74 Å². The fourth-order valence-corrected chi connectivity index (χ4v) is 1.44. The first-order valence-electron chi connectivity index (χ1n) is 5.02. The third kappa shape index (κ3) is 2.20. The summed E-state index contributed by atoms with van der Waals surface area (Å²) in [5.41, 5.74) is 0. The van der Waals surface area contributed by atoms with Gasteiger partial charge >= 0.3 is 0 Å². The van der Waals surface area contributed by atoms with E-state index in [9.17, 15) is 0 Å². The van der Waals surface area contributed by atoms with Crippen LogP contribution in [0.4, 0.5) is 0 Å². The van der Waals surface area contributed by atoms with E-state index >= 15 is 0 Å². The summed E-state index contributed by atoms with van der Waals surface area (Å²) in [6.07, 6.45) is 1.48. The lowest BCUT2D eigenvalue weighted by Gasteiger charge is -2.19. The third-order valence-corrected chi connectivity index (χ3v) is 2.80. The summed E-state index contributed by atoms with van der Waals surface area (Å²) < 4.78 is 5.67. The molecule has 72 valence electrons. The molecule has 0 saturated carbocycles. The van der Waals surface area contributed by atoms with Crippen LogP contribution in [0.25, 0.3) is 0 Å². The van der Waals surface area contributed by atoms with E-state index < -0.39 is 0 Å². The summed E-state index contributed by atoms with van der Waals surface area (Å²) in [6, 6.07) is 0.559. The Hall–Kier alpha value is -0.0800. The lowest BCUT2D eigenvalue weighted by molar-refractivity contribution is 0.0565. The van der Waals surface area contributed by atoms with Crippen molar-refractivity contribution in [2.75, 3.05) is 6.61 Å². The van der Waals surface area contributed by atoms with Crippen LogP contribution in [0.5, 0.6) is 0 Å². The molecule has 2 heteroatoms. The zero-order valence-corrected chi connectivity index (χ0v) is 8.63. The highest BCUT2D eigenvalue weighted by Gasteiger charge is 2.29. The van der Waals surface area contributed by atoms with Gasteiger partial charge in [0.05, 0.1) is 6.61 Å². The van der Waals surface area contributed by atoms with Gasteiger partial charge in [-0.1, -0.05) is 27.7 Å². The van der Waals surface area contributed by atoms with E-state index in [1.54, 1.807) is 0 Å². The first-order valence-corrected chi connectivity index (χ1v) is 5.02. The van der Waals surface area contributed by atoms with Crippen molar-refractivity contribution in [3.63, 3.8) is 0 Å². The molecular formula is C10H21NO. The Bertz CT molecular complexity index is 136. The van der Waals surface area contributed by atoms with Crippen LogP contribution in [0.15, 0.2) is 0 Å². The number of hydrogen-bond acceptors (Lipinski definition) is 2. The van der Waals surface area contributed by atoms with Gasteiger partial charge in [0.2, 0.25) is 0 Å². The topological polar surface area (TPSA) is 21.3 Å². The molecule has 0 bridgehead atoms. The van der Waals surface area contributed by atoms with E-state index in [2.05, 4.69) is 33.0 Å². The normalized spacial score (nSPS) is 32.8. The van der Waals surface area contributed by atoms with Crippen molar-refractivity contribution in [3.8, 4) is 0 Å². The van der Waals surface area contributed by atoms with Crippen LogP contribution >= 0.6 is 0 Å². The van der Waals surface area contributed by atoms with Crippen LogP contribution < -0.4 is 5.32 Å². The fourth-order valence-electron chi connectivity index (χ4n) is 1.44. The molecule has 1 N–H and O–H groups in total. The Labute approximate surface area is 75.7 Å². The van der Waals surface area contributed by atoms with Gasteiger partial charge in [0.15, 0.2) is 0 Å². The van der Waals surface area contributed by atoms with Crippen LogP contribution in [-0.4, -0.2) is 18.9 Å². The molecule has 0 aromatic heterocycles. The highest BCUT2D eigenvalue weighted by atomic mass is 16.5. The van der Waals surface area contributed by atoms with Gasteiger partial charge in [-0.3, -0.25) is 5.32 Å². The van der Waals surface area contributed by atoms with Crippen LogP contribution in [0, 0.1) is 11.8 Å². The lowest BCUT2D eigenvalue weighted by Crippen LogP contribution is -2.37. The number of hydrogen-bond donors (Lipinski definition) is 1. The molecule has 0 aromatic carbocycles. The lowest BCUT2D eigenvalue weighted by atomic mass is 10.0. The third-order valence-electron chi connectivity index (χ3n) is 2.80. The number of ether oxygens (including phenoxy) is 1. The van der Waals surface area contributed by atoms with E-state index in [0.29, 0.717) is 24.1 Å². The molecule has 1 aliphatic heterocycles. The standard InChI is InChI=1S/C10H21NO/c1-5-8(4)10-11-9(6-12-10)7(2)3/h7-11H,5-6H2,1-4H3/t8?,9-,10?/m1/s1. The van der Waals surface area contributed by atoms with Gasteiger partial charge in [-0.2, -0.15) is 0 Å². The SMILES string of the molecule is CCC(C)C1N[C@@H](C(C)C)CO1. The summed E-state index contributed by atoms with van der Waals surface area (Å²) in [5.74, 6) is 1.31. The van der Waals surface area contributed by atoms with Gasteiger partial charge in [0, 0.05) is 6.04 Å². The molecule has 0 amide bonds. The molecule has 12 heavy (non-hydrogen) atoms. The van der Waals surface area contributed by atoms with Crippen LogP contribution in [-0.2, 0) is 4.74 Å². The van der Waals surface area contributed by atoms with Crippen LogP contribution in [0.1, 0.15) is 34.1 Å². The van der Waals surface area contributed by atoms with Gasteiger partial charge < -0.3 is 4.74 Å². The zero-order chi connectivity index (χ0) is 9.14. The largest absolute Gasteiger partial charge is 0.361 e. The maximum atomic E-state index is 5.67. The van der Waals surface area contributed by atoms with Crippen molar-refractivity contribution in [1.82, 2.24) is 5.32 Å². The summed E-state index contributed by atoms with van der Waals surface area (Å²) in [5, 5.41) is 3.52. The molecule has 0 aromatic rings. The van der Waals surface area contributed by atoms with Crippen molar-refractivity contribution < 1.29 is 4.74 Å². The van der Waals surface area contributed by atoms with Crippen molar-refractivity contribution >= 4 is 0 Å². The predicted molar refractivity (Wildman–Crippen MR) is 51.0 cm³/mol. The smallest absolute Gasteiger partial charge is 0.111 e. The molecule has 2 unspecified atom stereocenters. The van der Waals surface area contributed by atoms with E-state index in [1.165, 1.54) is 6.42 Å². The Morgan fingerprint density at radius 3 is 2.50 bits per heavy atom. The second kappa shape index (κ2) is 4.24. The van der Waals surface area contributed by atoms with Crippen LogP contribution in [0.3, 0.4) is 0 Å². The second-order valence-electron chi connectivity index (χ2n) is 4.16. The van der Waals surface area contributed by atoms with Crippen molar-refractivity contribution in [2.24, 2.45) is 11.8 Å². The summed E-state index contributed by atoms with van der Waals surface area (Å²) in [4.78, 5) is 0. The molecule has 0 spiro atoms. The monoisotopic (exact) mass is 171 g/mol. The number of nitrogens with one attached hydrogen (secondary N) is 1. The van der Waals surface area contributed by atoms with Gasteiger partial charge in [0.1, 0.15) is 6.23 Å². The summed E-state index contributed by atoms with van der Waals surface area (Å²) in [7, 11) is 0. The molecule has 1 heterocycles. The molecular weight excluding hydrogens is 150 g/mol. The Kier molecular flexibility index (Phi) is 3.53. The Morgan fingerprint density at radius 2 is 2.08 bits per heavy atom. The Balaban J connectivity index is 2.35. The van der Waals surface area contributed by atoms with E-state index in [-0.39, 0.29) is 0 Å². The molecule has 1 rings (SSSR count). The molecule has 0 radical (unpaired) electrons. The minimum absolute atomic E-state index is 0.294. The maximum Gasteiger partial charge on any atom is 0.111 e. The minimum atomic E-state index is 0.294. The number of rotatable bonds is 3. The minimum Gasteiger partial charge on any atom is -0.361 e. The van der Waals surface area contributed by atoms with E-state index in [1.807, 2.05) is 0 Å². The average Bonchev–Trinajstić information content (AvgIpc) is 2.51. The van der Waals surface area contributed by atoms with E-state index in [0.717, 1.165) is 6.61 Å². The van der Waals surface area contributed by atoms with Gasteiger partial charge in [-0.25, -0.2) is 0 Å². The molecule has 1 saturated heterocycles. The summed E-state index contributed by atoms with van der Waals surface area (Å²) in [6.45, 7) is 9.80.